The van der Waals surface area contributed by atoms with E-state index in [0.29, 0.717) is 19.0 Å². The Hall–Kier alpha value is -1.78. The lowest BCUT2D eigenvalue weighted by Gasteiger charge is -2.42. The van der Waals surface area contributed by atoms with E-state index < -0.39 is 5.60 Å². The maximum Gasteiger partial charge on any atom is 0.410 e. The molecule has 1 heterocycles. The molecule has 0 aromatic rings. The number of hydrogen-bond donors (Lipinski definition) is 0. The molecule has 0 saturated carbocycles. The summed E-state index contributed by atoms with van der Waals surface area (Å²) in [5.41, 5.74) is 0.454. The van der Waals surface area contributed by atoms with Crippen LogP contribution in [0.1, 0.15) is 40.5 Å². The van der Waals surface area contributed by atoms with Crippen molar-refractivity contribution in [2.75, 3.05) is 13.1 Å². The molecule has 3 atom stereocenters. The summed E-state index contributed by atoms with van der Waals surface area (Å²) in [7, 11) is 0. The van der Waals surface area contributed by atoms with Crippen LogP contribution >= 0.6 is 0 Å². The molecular weight excluding hydrogens is 294 g/mol. The van der Waals surface area contributed by atoms with Crippen LogP contribution in [0.5, 0.6) is 0 Å². The highest BCUT2D eigenvalue weighted by molar-refractivity contribution is 5.68. The molecule has 1 saturated heterocycles. The van der Waals surface area contributed by atoms with Crippen LogP contribution in [0.15, 0.2) is 24.3 Å². The summed E-state index contributed by atoms with van der Waals surface area (Å²) in [4.78, 5) is 25.3. The van der Waals surface area contributed by atoms with Crippen molar-refractivity contribution in [1.82, 2.24) is 4.90 Å². The fourth-order valence-corrected chi connectivity index (χ4v) is 3.29. The minimum Gasteiger partial charge on any atom is -0.458 e. The predicted molar refractivity (Wildman–Crippen MR) is 87.9 cm³/mol. The molecule has 1 aliphatic heterocycles. The molecule has 0 spiro atoms. The van der Waals surface area contributed by atoms with Crippen molar-refractivity contribution < 1.29 is 19.1 Å². The Kier molecular flexibility index (Phi) is 5.17. The molecule has 0 aromatic heterocycles. The summed E-state index contributed by atoms with van der Waals surface area (Å²) in [6.07, 6.45) is 5.07. The van der Waals surface area contributed by atoms with E-state index in [9.17, 15) is 9.59 Å². The van der Waals surface area contributed by atoms with Crippen LogP contribution < -0.4 is 0 Å². The zero-order valence-electron chi connectivity index (χ0n) is 14.5. The molecule has 5 heteroatoms. The number of piperidine rings is 1. The number of carbonyl (C=O) groups is 2. The molecular formula is C18H27NO4. The van der Waals surface area contributed by atoms with E-state index in [0.717, 1.165) is 18.4 Å². The van der Waals surface area contributed by atoms with Gasteiger partial charge < -0.3 is 14.4 Å². The first kappa shape index (κ1) is 17.6. The van der Waals surface area contributed by atoms with Gasteiger partial charge in [0.1, 0.15) is 11.7 Å². The molecule has 1 amide bonds. The van der Waals surface area contributed by atoms with E-state index >= 15 is 0 Å². The zero-order valence-corrected chi connectivity index (χ0v) is 14.5. The zero-order chi connectivity index (χ0) is 17.2. The molecule has 128 valence electrons. The van der Waals surface area contributed by atoms with Crippen molar-refractivity contribution in [3.05, 3.63) is 24.3 Å². The molecule has 0 bridgehead atoms. The largest absolute Gasteiger partial charge is 0.458 e. The highest BCUT2D eigenvalue weighted by Gasteiger charge is 2.37. The van der Waals surface area contributed by atoms with Crippen LogP contribution in [-0.2, 0) is 14.3 Å². The van der Waals surface area contributed by atoms with E-state index in [1.165, 1.54) is 6.92 Å². The summed E-state index contributed by atoms with van der Waals surface area (Å²) in [5.74, 6) is 0.408. The van der Waals surface area contributed by atoms with Crippen LogP contribution in [-0.4, -0.2) is 41.8 Å². The Labute approximate surface area is 138 Å². The quantitative estimate of drug-likeness (QED) is 0.732. The van der Waals surface area contributed by atoms with Crippen molar-refractivity contribution in [2.24, 2.45) is 11.8 Å². The van der Waals surface area contributed by atoms with Gasteiger partial charge in [0.25, 0.3) is 0 Å². The second-order valence-electron chi connectivity index (χ2n) is 7.34. The number of likely N-dealkylation sites (tertiary alicyclic amines) is 1. The van der Waals surface area contributed by atoms with Crippen LogP contribution in [0.4, 0.5) is 4.79 Å². The van der Waals surface area contributed by atoms with Gasteiger partial charge in [0.2, 0.25) is 0 Å². The third-order valence-electron chi connectivity index (χ3n) is 4.30. The monoisotopic (exact) mass is 321 g/mol. The maximum absolute atomic E-state index is 12.2. The summed E-state index contributed by atoms with van der Waals surface area (Å²) < 4.78 is 10.9. The standard InChI is InChI=1S/C18H27NO4/c1-6-13-9-15-11-19(17(21)23-18(3,4)5)8-7-14(15)10-16(13)22-12(2)20/h6,9,14-16H,1,7-8,10-11H2,2-5H3/t14-,15-,16-/m0/s1. The maximum atomic E-state index is 12.2. The lowest BCUT2D eigenvalue weighted by Crippen LogP contribution is -2.47. The Morgan fingerprint density at radius 2 is 2.09 bits per heavy atom. The van der Waals surface area contributed by atoms with Crippen LogP contribution in [0.2, 0.25) is 0 Å². The van der Waals surface area contributed by atoms with Crippen molar-refractivity contribution in [2.45, 2.75) is 52.2 Å². The number of ether oxygens (including phenoxy) is 2. The minimum absolute atomic E-state index is 0.209. The normalized spacial score (nSPS) is 27.6. The van der Waals surface area contributed by atoms with Crippen molar-refractivity contribution >= 4 is 12.1 Å². The Morgan fingerprint density at radius 1 is 1.39 bits per heavy atom. The smallest absolute Gasteiger partial charge is 0.410 e. The molecule has 1 aliphatic carbocycles. The van der Waals surface area contributed by atoms with E-state index in [1.807, 2.05) is 20.8 Å². The van der Waals surface area contributed by atoms with Gasteiger partial charge in [0, 0.05) is 20.0 Å². The van der Waals surface area contributed by atoms with E-state index in [1.54, 1.807) is 11.0 Å². The summed E-state index contributed by atoms with van der Waals surface area (Å²) in [6, 6.07) is 0. The Balaban J connectivity index is 2.07. The molecule has 0 aromatic carbocycles. The molecule has 0 radical (unpaired) electrons. The number of esters is 1. The van der Waals surface area contributed by atoms with Crippen LogP contribution in [0, 0.1) is 11.8 Å². The third-order valence-corrected chi connectivity index (χ3v) is 4.30. The van der Waals surface area contributed by atoms with E-state index in [4.69, 9.17) is 9.47 Å². The van der Waals surface area contributed by atoms with Gasteiger partial charge in [0.05, 0.1) is 0 Å². The van der Waals surface area contributed by atoms with Gasteiger partial charge in [-0.05, 0) is 51.0 Å². The van der Waals surface area contributed by atoms with Gasteiger partial charge in [-0.15, -0.1) is 0 Å². The number of carbonyl (C=O) groups excluding carboxylic acids is 2. The highest BCUT2D eigenvalue weighted by atomic mass is 16.6. The molecule has 5 nitrogen and oxygen atoms in total. The number of fused-ring (bicyclic) bond motifs is 1. The molecule has 0 N–H and O–H groups in total. The first-order chi connectivity index (χ1) is 10.7. The summed E-state index contributed by atoms with van der Waals surface area (Å²) in [6.45, 7) is 12.2. The average molecular weight is 321 g/mol. The van der Waals surface area contributed by atoms with Crippen molar-refractivity contribution in [1.29, 1.82) is 0 Å². The van der Waals surface area contributed by atoms with Crippen molar-refractivity contribution in [3.8, 4) is 0 Å². The summed E-state index contributed by atoms with van der Waals surface area (Å²) in [5, 5.41) is 0. The number of hydrogen-bond acceptors (Lipinski definition) is 4. The SMILES string of the molecule is C=CC1=C[C@H]2CN(C(=O)OC(C)(C)C)CC[C@H]2C[C@@H]1OC(C)=O. The molecule has 0 unspecified atom stereocenters. The summed E-state index contributed by atoms with van der Waals surface area (Å²) >= 11 is 0. The molecule has 1 fully saturated rings. The van der Waals surface area contributed by atoms with Crippen LogP contribution in [0.3, 0.4) is 0 Å². The fraction of sp³-hybridized carbons (Fsp3) is 0.667. The number of nitrogens with zero attached hydrogens (tertiary/aromatic N) is 1. The number of amides is 1. The second kappa shape index (κ2) is 6.77. The van der Waals surface area contributed by atoms with Gasteiger partial charge in [0.15, 0.2) is 0 Å². The van der Waals surface area contributed by atoms with Crippen LogP contribution in [0.25, 0.3) is 0 Å². The number of rotatable bonds is 2. The Bertz CT molecular complexity index is 518. The van der Waals surface area contributed by atoms with Gasteiger partial charge in [-0.3, -0.25) is 4.79 Å². The average Bonchev–Trinajstić information content (AvgIpc) is 2.43. The Morgan fingerprint density at radius 3 is 2.65 bits per heavy atom. The van der Waals surface area contributed by atoms with Gasteiger partial charge in [-0.25, -0.2) is 4.79 Å². The molecule has 2 rings (SSSR count). The fourth-order valence-electron chi connectivity index (χ4n) is 3.29. The molecule has 23 heavy (non-hydrogen) atoms. The minimum atomic E-state index is -0.483. The van der Waals surface area contributed by atoms with Gasteiger partial charge in [-0.1, -0.05) is 18.7 Å². The second-order valence-corrected chi connectivity index (χ2v) is 7.34. The topological polar surface area (TPSA) is 55.8 Å². The van der Waals surface area contributed by atoms with E-state index in [-0.39, 0.29) is 24.1 Å². The lowest BCUT2D eigenvalue weighted by atomic mass is 9.75. The van der Waals surface area contributed by atoms with Crippen molar-refractivity contribution in [3.63, 3.8) is 0 Å². The van der Waals surface area contributed by atoms with E-state index in [2.05, 4.69) is 12.7 Å². The van der Waals surface area contributed by atoms with Gasteiger partial charge in [-0.2, -0.15) is 0 Å². The third kappa shape index (κ3) is 4.60. The molecule has 2 aliphatic rings. The first-order valence-corrected chi connectivity index (χ1v) is 8.19. The predicted octanol–water partition coefficient (Wildman–Crippen LogP) is 3.31. The van der Waals surface area contributed by atoms with Gasteiger partial charge >= 0.3 is 12.1 Å². The first-order valence-electron chi connectivity index (χ1n) is 8.19. The lowest BCUT2D eigenvalue weighted by molar-refractivity contribution is -0.145. The highest BCUT2D eigenvalue weighted by Crippen LogP contribution is 2.37.